The predicted octanol–water partition coefficient (Wildman–Crippen LogP) is 3.20. The van der Waals surface area contributed by atoms with Crippen molar-refractivity contribution < 1.29 is 9.47 Å². The van der Waals surface area contributed by atoms with Crippen LogP contribution in [-0.2, 0) is 0 Å². The van der Waals surface area contributed by atoms with E-state index in [0.29, 0.717) is 6.61 Å². The van der Waals surface area contributed by atoms with Gasteiger partial charge in [0.1, 0.15) is 11.5 Å². The molecule has 0 radical (unpaired) electrons. The minimum absolute atomic E-state index is 0.116. The molecule has 0 amide bonds. The second kappa shape index (κ2) is 5.89. The highest BCUT2D eigenvalue weighted by molar-refractivity contribution is 7.10. The van der Waals surface area contributed by atoms with Crippen molar-refractivity contribution in [3.63, 3.8) is 0 Å². The predicted molar refractivity (Wildman–Crippen MR) is 74.5 cm³/mol. The second-order valence-electron chi connectivity index (χ2n) is 3.87. The molecule has 0 bridgehead atoms. The number of hydrogen-bond donors (Lipinski definition) is 1. The molecule has 1 atom stereocenters. The molecular formula is C14H17NO2S. The molecule has 0 fully saturated rings. The molecule has 1 aromatic heterocycles. The summed E-state index contributed by atoms with van der Waals surface area (Å²) in [5.74, 6) is 1.73. The van der Waals surface area contributed by atoms with Gasteiger partial charge in [0, 0.05) is 10.3 Å². The molecule has 2 aromatic rings. The van der Waals surface area contributed by atoms with Gasteiger partial charge in [-0.1, -0.05) is 12.1 Å². The molecule has 2 N–H and O–H groups in total. The standard InChI is InChI=1S/C14H17NO2S/c1-3-17-11-6-4-10(5-7-11)14(15)13-8-12(16-2)9-18-13/h4-9,14H,3,15H2,1-2H3. The van der Waals surface area contributed by atoms with Gasteiger partial charge >= 0.3 is 0 Å². The summed E-state index contributed by atoms with van der Waals surface area (Å²) in [6, 6.07) is 9.76. The van der Waals surface area contributed by atoms with Crippen LogP contribution in [0.25, 0.3) is 0 Å². The van der Waals surface area contributed by atoms with Gasteiger partial charge in [0.15, 0.2) is 0 Å². The maximum absolute atomic E-state index is 6.22. The fourth-order valence-corrected chi connectivity index (χ4v) is 2.59. The number of thiophene rings is 1. The Morgan fingerprint density at radius 2 is 1.94 bits per heavy atom. The maximum Gasteiger partial charge on any atom is 0.129 e. The average molecular weight is 263 g/mol. The lowest BCUT2D eigenvalue weighted by Gasteiger charge is -2.11. The Labute approximate surface area is 111 Å². The molecule has 3 nitrogen and oxygen atoms in total. The van der Waals surface area contributed by atoms with Crippen molar-refractivity contribution in [2.45, 2.75) is 13.0 Å². The Kier molecular flexibility index (Phi) is 4.23. The number of hydrogen-bond acceptors (Lipinski definition) is 4. The van der Waals surface area contributed by atoms with Crippen molar-refractivity contribution in [1.82, 2.24) is 0 Å². The molecule has 2 rings (SSSR count). The summed E-state index contributed by atoms with van der Waals surface area (Å²) in [4.78, 5) is 1.09. The topological polar surface area (TPSA) is 44.5 Å². The van der Waals surface area contributed by atoms with Gasteiger partial charge < -0.3 is 15.2 Å². The summed E-state index contributed by atoms with van der Waals surface area (Å²) in [5.41, 5.74) is 7.29. The van der Waals surface area contributed by atoms with E-state index in [-0.39, 0.29) is 6.04 Å². The first kappa shape index (κ1) is 12.9. The first-order valence-corrected chi connectivity index (χ1v) is 6.73. The largest absolute Gasteiger partial charge is 0.496 e. The number of methoxy groups -OCH3 is 1. The summed E-state index contributed by atoms with van der Waals surface area (Å²) in [7, 11) is 1.66. The highest BCUT2D eigenvalue weighted by Gasteiger charge is 2.11. The van der Waals surface area contributed by atoms with Crippen LogP contribution in [0.15, 0.2) is 35.7 Å². The minimum atomic E-state index is -0.116. The Morgan fingerprint density at radius 1 is 1.22 bits per heavy atom. The van der Waals surface area contributed by atoms with Crippen LogP contribution >= 0.6 is 11.3 Å². The SMILES string of the molecule is CCOc1ccc(C(N)c2cc(OC)cs2)cc1. The molecule has 0 aliphatic rings. The number of benzene rings is 1. The summed E-state index contributed by atoms with van der Waals surface area (Å²) in [6.07, 6.45) is 0. The van der Waals surface area contributed by atoms with Crippen molar-refractivity contribution in [2.75, 3.05) is 13.7 Å². The van der Waals surface area contributed by atoms with E-state index >= 15 is 0 Å². The summed E-state index contributed by atoms with van der Waals surface area (Å²) in [6.45, 7) is 2.64. The zero-order valence-corrected chi connectivity index (χ0v) is 11.4. The van der Waals surface area contributed by atoms with Gasteiger partial charge in [0.25, 0.3) is 0 Å². The molecule has 0 spiro atoms. The minimum Gasteiger partial charge on any atom is -0.496 e. The third-order valence-corrected chi connectivity index (χ3v) is 3.68. The van der Waals surface area contributed by atoms with E-state index in [4.69, 9.17) is 15.2 Å². The first-order valence-electron chi connectivity index (χ1n) is 5.85. The number of ether oxygens (including phenoxy) is 2. The van der Waals surface area contributed by atoms with Crippen molar-refractivity contribution >= 4 is 11.3 Å². The van der Waals surface area contributed by atoms with Gasteiger partial charge in [0.05, 0.1) is 19.8 Å². The van der Waals surface area contributed by atoms with Crippen LogP contribution in [0.4, 0.5) is 0 Å². The average Bonchev–Trinajstić information content (AvgIpc) is 2.88. The van der Waals surface area contributed by atoms with Crippen LogP contribution in [0, 0.1) is 0 Å². The van der Waals surface area contributed by atoms with Gasteiger partial charge in [0.2, 0.25) is 0 Å². The Morgan fingerprint density at radius 3 is 2.50 bits per heavy atom. The van der Waals surface area contributed by atoms with Crippen molar-refractivity contribution in [1.29, 1.82) is 0 Å². The molecule has 96 valence electrons. The van der Waals surface area contributed by atoms with E-state index in [0.717, 1.165) is 21.9 Å². The lowest BCUT2D eigenvalue weighted by molar-refractivity contribution is 0.340. The van der Waals surface area contributed by atoms with Crippen molar-refractivity contribution in [2.24, 2.45) is 5.73 Å². The van der Waals surface area contributed by atoms with Gasteiger partial charge in [-0.15, -0.1) is 11.3 Å². The Balaban J connectivity index is 2.14. The first-order chi connectivity index (χ1) is 8.74. The molecule has 0 saturated heterocycles. The molecule has 0 aliphatic heterocycles. The molecule has 18 heavy (non-hydrogen) atoms. The smallest absolute Gasteiger partial charge is 0.129 e. The summed E-state index contributed by atoms with van der Waals surface area (Å²) in [5, 5.41) is 1.96. The zero-order chi connectivity index (χ0) is 13.0. The van der Waals surface area contributed by atoms with Gasteiger partial charge in [-0.2, -0.15) is 0 Å². The fraction of sp³-hybridized carbons (Fsp3) is 0.286. The van der Waals surface area contributed by atoms with Crippen LogP contribution in [0.5, 0.6) is 11.5 Å². The van der Waals surface area contributed by atoms with E-state index < -0.39 is 0 Å². The third-order valence-electron chi connectivity index (χ3n) is 2.69. The van der Waals surface area contributed by atoms with Gasteiger partial charge in [-0.05, 0) is 30.7 Å². The highest BCUT2D eigenvalue weighted by Crippen LogP contribution is 2.30. The summed E-state index contributed by atoms with van der Waals surface area (Å²) < 4.78 is 10.6. The lowest BCUT2D eigenvalue weighted by Crippen LogP contribution is -2.09. The van der Waals surface area contributed by atoms with Crippen molar-refractivity contribution in [3.05, 3.63) is 46.2 Å². The van der Waals surface area contributed by atoms with Crippen LogP contribution in [0.1, 0.15) is 23.4 Å². The molecule has 4 heteroatoms. The normalized spacial score (nSPS) is 12.2. The Hall–Kier alpha value is -1.52. The van der Waals surface area contributed by atoms with E-state index in [1.807, 2.05) is 42.6 Å². The molecule has 1 unspecified atom stereocenters. The monoisotopic (exact) mass is 263 g/mol. The Bertz CT molecular complexity index is 493. The number of nitrogens with two attached hydrogens (primary N) is 1. The van der Waals surface area contributed by atoms with Crippen molar-refractivity contribution in [3.8, 4) is 11.5 Å². The van der Waals surface area contributed by atoms with Crippen LogP contribution in [0.3, 0.4) is 0 Å². The van der Waals surface area contributed by atoms with E-state index in [1.54, 1.807) is 18.4 Å². The fourth-order valence-electron chi connectivity index (χ4n) is 1.71. The highest BCUT2D eigenvalue weighted by atomic mass is 32.1. The van der Waals surface area contributed by atoms with E-state index in [2.05, 4.69) is 0 Å². The van der Waals surface area contributed by atoms with E-state index in [9.17, 15) is 0 Å². The van der Waals surface area contributed by atoms with Gasteiger partial charge in [-0.3, -0.25) is 0 Å². The van der Waals surface area contributed by atoms with Crippen LogP contribution in [0.2, 0.25) is 0 Å². The van der Waals surface area contributed by atoms with Crippen LogP contribution in [-0.4, -0.2) is 13.7 Å². The quantitative estimate of drug-likeness (QED) is 0.901. The molecule has 0 saturated carbocycles. The second-order valence-corrected chi connectivity index (χ2v) is 4.81. The molecule has 0 aliphatic carbocycles. The van der Waals surface area contributed by atoms with Crippen LogP contribution < -0.4 is 15.2 Å². The number of rotatable bonds is 5. The third kappa shape index (κ3) is 2.83. The van der Waals surface area contributed by atoms with Gasteiger partial charge in [-0.25, -0.2) is 0 Å². The molecular weight excluding hydrogens is 246 g/mol. The molecule has 1 aromatic carbocycles. The lowest BCUT2D eigenvalue weighted by atomic mass is 10.1. The van der Waals surface area contributed by atoms with E-state index in [1.165, 1.54) is 0 Å². The molecule has 1 heterocycles. The summed E-state index contributed by atoms with van der Waals surface area (Å²) >= 11 is 1.61. The zero-order valence-electron chi connectivity index (χ0n) is 10.6. The maximum atomic E-state index is 6.22.